The Labute approximate surface area is 79.0 Å². The van der Waals surface area contributed by atoms with Crippen molar-refractivity contribution in [3.63, 3.8) is 0 Å². The third kappa shape index (κ3) is 1.74. The van der Waals surface area contributed by atoms with Gasteiger partial charge in [-0.25, -0.2) is 0 Å². The zero-order valence-corrected chi connectivity index (χ0v) is 7.92. The van der Waals surface area contributed by atoms with Gasteiger partial charge in [0, 0.05) is 0 Å². The summed E-state index contributed by atoms with van der Waals surface area (Å²) in [5, 5.41) is 0. The van der Waals surface area contributed by atoms with E-state index in [2.05, 4.69) is 30.4 Å². The van der Waals surface area contributed by atoms with Crippen molar-refractivity contribution in [1.82, 2.24) is 0 Å². The van der Waals surface area contributed by atoms with E-state index in [0.717, 1.165) is 25.2 Å². The summed E-state index contributed by atoms with van der Waals surface area (Å²) in [5.41, 5.74) is 2.85. The number of rotatable bonds is 2. The number of benzene rings is 1. The van der Waals surface area contributed by atoms with Crippen LogP contribution in [0, 0.1) is 0 Å². The van der Waals surface area contributed by atoms with Gasteiger partial charge in [-0.3, -0.25) is 0 Å². The predicted molar refractivity (Wildman–Crippen MR) is 54.2 cm³/mol. The van der Waals surface area contributed by atoms with Gasteiger partial charge in [-0.1, -0.05) is 18.2 Å². The Kier molecular flexibility index (Phi) is 2.35. The van der Waals surface area contributed by atoms with E-state index in [1.165, 1.54) is 11.1 Å². The van der Waals surface area contributed by atoms with Gasteiger partial charge in [0.2, 0.25) is 0 Å². The second-order valence-electron chi connectivity index (χ2n) is 3.24. The number of fused-ring (bicyclic) bond motifs is 1. The lowest BCUT2D eigenvalue weighted by Crippen LogP contribution is -1.99. The van der Waals surface area contributed by atoms with Crippen molar-refractivity contribution in [2.24, 2.45) is 0 Å². The number of allylic oxidation sites excluding steroid dienone is 2. The quantitative estimate of drug-likeness (QED) is 0.626. The first-order valence-electron chi connectivity index (χ1n) is 4.79. The van der Waals surface area contributed by atoms with Crippen molar-refractivity contribution in [2.45, 2.75) is 19.8 Å². The molecule has 1 nitrogen and oxygen atoms in total. The van der Waals surface area contributed by atoms with Crippen LogP contribution >= 0.6 is 0 Å². The minimum Gasteiger partial charge on any atom is -0.494 e. The second-order valence-corrected chi connectivity index (χ2v) is 3.24. The van der Waals surface area contributed by atoms with Crippen LogP contribution in [0.5, 0.6) is 5.75 Å². The normalized spacial score (nSPS) is 13.9. The van der Waals surface area contributed by atoms with Crippen LogP contribution in [0.15, 0.2) is 30.4 Å². The summed E-state index contributed by atoms with van der Waals surface area (Å²) in [6.07, 6.45) is 6.57. The van der Waals surface area contributed by atoms with Gasteiger partial charge >= 0.3 is 0 Å². The molecule has 0 aromatic heterocycles. The molecule has 0 saturated carbocycles. The molecule has 0 radical (unpaired) electrons. The molecular formula is C12H14O. The minimum atomic E-state index is 0.745. The molecule has 1 heteroatoms. The maximum atomic E-state index is 5.45. The van der Waals surface area contributed by atoms with E-state index in [-0.39, 0.29) is 0 Å². The maximum absolute atomic E-state index is 5.45. The van der Waals surface area contributed by atoms with Gasteiger partial charge in [-0.15, -0.1) is 0 Å². The zero-order valence-electron chi connectivity index (χ0n) is 7.92. The minimum absolute atomic E-state index is 0.745. The fourth-order valence-electron chi connectivity index (χ4n) is 1.67. The monoisotopic (exact) mass is 174 g/mol. The van der Waals surface area contributed by atoms with Gasteiger partial charge in [0.15, 0.2) is 0 Å². The van der Waals surface area contributed by atoms with Crippen molar-refractivity contribution in [2.75, 3.05) is 6.61 Å². The topological polar surface area (TPSA) is 9.23 Å². The van der Waals surface area contributed by atoms with E-state index in [1.54, 1.807) is 0 Å². The summed E-state index contributed by atoms with van der Waals surface area (Å²) < 4.78 is 5.45. The van der Waals surface area contributed by atoms with E-state index in [0.29, 0.717) is 0 Å². The van der Waals surface area contributed by atoms with E-state index >= 15 is 0 Å². The third-order valence-electron chi connectivity index (χ3n) is 2.33. The Morgan fingerprint density at radius 3 is 2.69 bits per heavy atom. The lowest BCUT2D eigenvalue weighted by atomic mass is 9.97. The Hall–Kier alpha value is -1.24. The highest BCUT2D eigenvalue weighted by molar-refractivity contribution is 5.39. The largest absolute Gasteiger partial charge is 0.494 e. The molecule has 0 saturated heterocycles. The summed E-state index contributed by atoms with van der Waals surface area (Å²) in [4.78, 5) is 0. The molecule has 0 heterocycles. The molecule has 2 rings (SSSR count). The molecule has 0 bridgehead atoms. The smallest absolute Gasteiger partial charge is 0.119 e. The molecule has 1 aliphatic carbocycles. The number of hydrogen-bond acceptors (Lipinski definition) is 1. The highest BCUT2D eigenvalue weighted by atomic mass is 16.5. The van der Waals surface area contributed by atoms with Crippen LogP contribution in [-0.4, -0.2) is 6.61 Å². The Morgan fingerprint density at radius 2 is 1.92 bits per heavy atom. The third-order valence-corrected chi connectivity index (χ3v) is 2.33. The molecule has 0 fully saturated rings. The van der Waals surface area contributed by atoms with Crippen molar-refractivity contribution >= 4 is 0 Å². The lowest BCUT2D eigenvalue weighted by molar-refractivity contribution is 0.340. The predicted octanol–water partition coefficient (Wildman–Crippen LogP) is 2.74. The first-order valence-corrected chi connectivity index (χ1v) is 4.79. The summed E-state index contributed by atoms with van der Waals surface area (Å²) >= 11 is 0. The van der Waals surface area contributed by atoms with Crippen LogP contribution < -0.4 is 4.74 Å². The van der Waals surface area contributed by atoms with Gasteiger partial charge in [0.05, 0.1) is 6.61 Å². The highest BCUT2D eigenvalue weighted by Gasteiger charge is 2.05. The standard InChI is InChI=1S/C12H14O/c1-2-13-12-8-7-10-5-3-4-6-11(10)9-12/h3-4,7-9H,2,5-6H2,1H3. The molecule has 13 heavy (non-hydrogen) atoms. The summed E-state index contributed by atoms with van der Waals surface area (Å²) in [6, 6.07) is 6.38. The summed E-state index contributed by atoms with van der Waals surface area (Å²) in [6.45, 7) is 2.76. The molecule has 0 amide bonds. The van der Waals surface area contributed by atoms with Gasteiger partial charge in [-0.2, -0.15) is 0 Å². The van der Waals surface area contributed by atoms with E-state index in [1.807, 2.05) is 6.92 Å². The molecule has 1 aliphatic rings. The van der Waals surface area contributed by atoms with Gasteiger partial charge in [0.25, 0.3) is 0 Å². The number of ether oxygens (including phenoxy) is 1. The summed E-state index contributed by atoms with van der Waals surface area (Å²) in [5.74, 6) is 0.997. The Balaban J connectivity index is 2.27. The van der Waals surface area contributed by atoms with Crippen LogP contribution in [0.25, 0.3) is 0 Å². The number of hydrogen-bond donors (Lipinski definition) is 0. The maximum Gasteiger partial charge on any atom is 0.119 e. The van der Waals surface area contributed by atoms with Gasteiger partial charge < -0.3 is 4.74 Å². The van der Waals surface area contributed by atoms with Crippen LogP contribution in [0.2, 0.25) is 0 Å². The second kappa shape index (κ2) is 3.65. The molecular weight excluding hydrogens is 160 g/mol. The molecule has 0 unspecified atom stereocenters. The Morgan fingerprint density at radius 1 is 1.15 bits per heavy atom. The van der Waals surface area contributed by atoms with E-state index < -0.39 is 0 Å². The first kappa shape index (κ1) is 8.36. The van der Waals surface area contributed by atoms with Crippen LogP contribution in [-0.2, 0) is 12.8 Å². The van der Waals surface area contributed by atoms with Crippen molar-refractivity contribution < 1.29 is 4.74 Å². The molecule has 1 aromatic rings. The van der Waals surface area contributed by atoms with Crippen LogP contribution in [0.1, 0.15) is 18.1 Å². The van der Waals surface area contributed by atoms with Crippen molar-refractivity contribution in [3.05, 3.63) is 41.5 Å². The lowest BCUT2D eigenvalue weighted by Gasteiger charge is -2.12. The summed E-state index contributed by atoms with van der Waals surface area (Å²) in [7, 11) is 0. The van der Waals surface area contributed by atoms with Crippen LogP contribution in [0.4, 0.5) is 0 Å². The zero-order chi connectivity index (χ0) is 9.10. The average Bonchev–Trinajstić information content (AvgIpc) is 2.18. The molecule has 1 aromatic carbocycles. The molecule has 0 aliphatic heterocycles. The molecule has 0 N–H and O–H groups in total. The fraction of sp³-hybridized carbons (Fsp3) is 0.333. The fourth-order valence-corrected chi connectivity index (χ4v) is 1.67. The molecule has 0 spiro atoms. The van der Waals surface area contributed by atoms with Crippen molar-refractivity contribution in [3.8, 4) is 5.75 Å². The first-order chi connectivity index (χ1) is 6.40. The average molecular weight is 174 g/mol. The Bertz CT molecular complexity index is 326. The van der Waals surface area contributed by atoms with Gasteiger partial charge in [-0.05, 0) is 43.0 Å². The SMILES string of the molecule is CCOc1ccc2c(c1)CC=CC2. The molecule has 0 atom stereocenters. The van der Waals surface area contributed by atoms with E-state index in [9.17, 15) is 0 Å². The van der Waals surface area contributed by atoms with Crippen molar-refractivity contribution in [1.29, 1.82) is 0 Å². The van der Waals surface area contributed by atoms with E-state index in [4.69, 9.17) is 4.74 Å². The highest BCUT2D eigenvalue weighted by Crippen LogP contribution is 2.22. The van der Waals surface area contributed by atoms with Crippen LogP contribution in [0.3, 0.4) is 0 Å². The molecule has 68 valence electrons. The van der Waals surface area contributed by atoms with Gasteiger partial charge in [0.1, 0.15) is 5.75 Å².